The number of carbonyl (C=O) groups is 2. The van der Waals surface area contributed by atoms with Crippen LogP contribution in [-0.2, 0) is 22.4 Å². The van der Waals surface area contributed by atoms with Gasteiger partial charge in [0.25, 0.3) is 0 Å². The van der Waals surface area contributed by atoms with Crippen molar-refractivity contribution in [3.63, 3.8) is 0 Å². The van der Waals surface area contributed by atoms with E-state index in [-0.39, 0.29) is 11.9 Å². The molecular weight excluding hydrogens is 380 g/mol. The predicted octanol–water partition coefficient (Wildman–Crippen LogP) is 4.57. The van der Waals surface area contributed by atoms with Crippen molar-refractivity contribution in [3.8, 4) is 0 Å². The summed E-state index contributed by atoms with van der Waals surface area (Å²) in [5.74, 6) is 0.0499. The fourth-order valence-corrected chi connectivity index (χ4v) is 5.59. The lowest BCUT2D eigenvalue weighted by molar-refractivity contribution is -0.115. The van der Waals surface area contributed by atoms with Crippen LogP contribution in [0.4, 0.5) is 10.7 Å². The number of ether oxygens (including phenoxy) is 1. The molecule has 5 nitrogen and oxygen atoms in total. The third kappa shape index (κ3) is 3.53. The van der Waals surface area contributed by atoms with Crippen LogP contribution in [0.2, 0.25) is 0 Å². The Bertz CT molecular complexity index is 905. The van der Waals surface area contributed by atoms with Gasteiger partial charge in [-0.3, -0.25) is 9.69 Å². The molecule has 0 unspecified atom stereocenters. The van der Waals surface area contributed by atoms with Gasteiger partial charge in [0.2, 0.25) is 5.91 Å². The minimum atomic E-state index is -0.308. The number of aliphatic imine (C=N–C) groups is 1. The number of nitrogens with zero attached hydrogens (tertiary/aromatic N) is 2. The van der Waals surface area contributed by atoms with Crippen molar-refractivity contribution in [1.82, 2.24) is 0 Å². The highest BCUT2D eigenvalue weighted by Crippen LogP contribution is 2.41. The number of fused-ring (bicyclic) bond motifs is 1. The van der Waals surface area contributed by atoms with E-state index in [0.29, 0.717) is 28.1 Å². The highest BCUT2D eigenvalue weighted by atomic mass is 32.2. The minimum Gasteiger partial charge on any atom is -0.462 e. The zero-order valence-electron chi connectivity index (χ0n) is 15.1. The molecule has 1 aliphatic carbocycles. The average molecular weight is 401 g/mol. The molecule has 1 aliphatic heterocycles. The monoisotopic (exact) mass is 400 g/mol. The van der Waals surface area contributed by atoms with Gasteiger partial charge in [-0.05, 0) is 50.3 Å². The number of esters is 1. The Balaban J connectivity index is 1.77. The Kier molecular flexibility index (Phi) is 5.31. The van der Waals surface area contributed by atoms with Crippen LogP contribution in [0.5, 0.6) is 0 Å². The Morgan fingerprint density at radius 1 is 1.22 bits per heavy atom. The fraction of sp³-hybridized carbons (Fsp3) is 0.350. The number of benzene rings is 1. The second-order valence-corrected chi connectivity index (χ2v) is 8.39. The van der Waals surface area contributed by atoms with Crippen LogP contribution in [0.25, 0.3) is 0 Å². The van der Waals surface area contributed by atoms with Crippen LogP contribution in [0.3, 0.4) is 0 Å². The molecule has 1 saturated heterocycles. The smallest absolute Gasteiger partial charge is 0.341 e. The molecule has 2 aromatic rings. The number of thioether (sulfide) groups is 1. The molecule has 0 radical (unpaired) electrons. The molecule has 0 spiro atoms. The summed E-state index contributed by atoms with van der Waals surface area (Å²) in [6.07, 6.45) is 4.08. The topological polar surface area (TPSA) is 59.0 Å². The summed E-state index contributed by atoms with van der Waals surface area (Å²) in [5, 5.41) is 1.29. The van der Waals surface area contributed by atoms with Crippen LogP contribution in [0.1, 0.15) is 40.6 Å². The van der Waals surface area contributed by atoms with Crippen LogP contribution < -0.4 is 4.90 Å². The number of hydrogen-bond donors (Lipinski definition) is 0. The lowest BCUT2D eigenvalue weighted by Gasteiger charge is -2.15. The maximum Gasteiger partial charge on any atom is 0.341 e. The molecule has 1 aromatic carbocycles. The number of aryl methyl sites for hydroxylation is 1. The normalized spacial score (nSPS) is 18.0. The maximum atomic E-state index is 12.6. The number of anilines is 1. The van der Waals surface area contributed by atoms with Crippen molar-refractivity contribution in [1.29, 1.82) is 0 Å². The molecule has 1 fully saturated rings. The third-order valence-corrected chi connectivity index (χ3v) is 6.72. The molecule has 0 saturated carbocycles. The van der Waals surface area contributed by atoms with Gasteiger partial charge >= 0.3 is 5.97 Å². The summed E-state index contributed by atoms with van der Waals surface area (Å²) < 4.78 is 5.30. The molecular formula is C20H20N2O3S2. The van der Waals surface area contributed by atoms with Crippen LogP contribution >= 0.6 is 23.1 Å². The summed E-state index contributed by atoms with van der Waals surface area (Å²) in [6.45, 7) is 2.15. The standard InChI is InChI=1S/C20H20N2O3S2/c1-2-25-19(24)17-14-10-6-7-11-15(14)27-18(17)21-20-22(16(23)12-26-20)13-8-4-3-5-9-13/h3-5,8-9H,2,6-7,10-12H2,1H3. The van der Waals surface area contributed by atoms with E-state index < -0.39 is 0 Å². The van der Waals surface area contributed by atoms with Crippen molar-refractivity contribution in [2.45, 2.75) is 32.6 Å². The van der Waals surface area contributed by atoms with E-state index in [2.05, 4.69) is 0 Å². The van der Waals surface area contributed by atoms with Crippen molar-refractivity contribution in [2.75, 3.05) is 17.3 Å². The van der Waals surface area contributed by atoms with E-state index in [9.17, 15) is 9.59 Å². The van der Waals surface area contributed by atoms with Gasteiger partial charge in [-0.1, -0.05) is 30.0 Å². The molecule has 0 atom stereocenters. The molecule has 2 aliphatic rings. The summed E-state index contributed by atoms with van der Waals surface area (Å²) in [5.41, 5.74) is 2.48. The van der Waals surface area contributed by atoms with E-state index in [1.807, 2.05) is 37.3 Å². The third-order valence-electron chi connectivity index (χ3n) is 4.61. The highest BCUT2D eigenvalue weighted by Gasteiger charge is 2.32. The van der Waals surface area contributed by atoms with Crippen LogP contribution in [-0.4, -0.2) is 29.4 Å². The molecule has 4 rings (SSSR count). The highest BCUT2D eigenvalue weighted by molar-refractivity contribution is 8.15. The quantitative estimate of drug-likeness (QED) is 0.706. The number of para-hydroxylation sites is 1. The lowest BCUT2D eigenvalue weighted by Crippen LogP contribution is -2.29. The number of hydrogen-bond acceptors (Lipinski definition) is 6. The van der Waals surface area contributed by atoms with Gasteiger partial charge in [-0.25, -0.2) is 9.79 Å². The second-order valence-electron chi connectivity index (χ2n) is 6.36. The Labute approximate surface area is 166 Å². The predicted molar refractivity (Wildman–Crippen MR) is 110 cm³/mol. The number of amidine groups is 1. The van der Waals surface area contributed by atoms with Crippen LogP contribution in [0.15, 0.2) is 35.3 Å². The first-order valence-electron chi connectivity index (χ1n) is 9.10. The van der Waals surface area contributed by atoms with Crippen molar-refractivity contribution >= 4 is 50.8 Å². The van der Waals surface area contributed by atoms with Gasteiger partial charge in [-0.2, -0.15) is 0 Å². The van der Waals surface area contributed by atoms with Crippen molar-refractivity contribution < 1.29 is 14.3 Å². The fourth-order valence-electron chi connectivity index (χ4n) is 3.41. The molecule has 2 heterocycles. The molecule has 7 heteroatoms. The van der Waals surface area contributed by atoms with E-state index in [0.717, 1.165) is 36.9 Å². The Morgan fingerprint density at radius 3 is 2.78 bits per heavy atom. The molecule has 140 valence electrons. The van der Waals surface area contributed by atoms with E-state index in [1.165, 1.54) is 16.6 Å². The van der Waals surface area contributed by atoms with E-state index >= 15 is 0 Å². The zero-order valence-corrected chi connectivity index (χ0v) is 16.7. The summed E-state index contributed by atoms with van der Waals surface area (Å²) in [7, 11) is 0. The number of amides is 1. The SMILES string of the molecule is CCOC(=O)c1c(N=C2SCC(=O)N2c2ccccc2)sc2c1CCCC2. The minimum absolute atomic E-state index is 0.00366. The van der Waals surface area contributed by atoms with Gasteiger partial charge in [-0.15, -0.1) is 11.3 Å². The second kappa shape index (κ2) is 7.86. The first-order chi connectivity index (χ1) is 13.2. The Morgan fingerprint density at radius 2 is 2.00 bits per heavy atom. The van der Waals surface area contributed by atoms with Gasteiger partial charge in [0.15, 0.2) is 5.17 Å². The maximum absolute atomic E-state index is 12.6. The van der Waals surface area contributed by atoms with E-state index in [4.69, 9.17) is 9.73 Å². The Hall–Kier alpha value is -2.12. The molecule has 27 heavy (non-hydrogen) atoms. The van der Waals surface area contributed by atoms with Gasteiger partial charge < -0.3 is 4.74 Å². The molecule has 0 bridgehead atoms. The molecule has 1 aromatic heterocycles. The van der Waals surface area contributed by atoms with Gasteiger partial charge in [0.05, 0.1) is 23.6 Å². The summed E-state index contributed by atoms with van der Waals surface area (Å²) in [6, 6.07) is 9.50. The van der Waals surface area contributed by atoms with Crippen molar-refractivity contribution in [3.05, 3.63) is 46.3 Å². The number of carbonyl (C=O) groups excluding carboxylic acids is 2. The van der Waals surface area contributed by atoms with Gasteiger partial charge in [0.1, 0.15) is 5.00 Å². The summed E-state index contributed by atoms with van der Waals surface area (Å²) in [4.78, 5) is 32.7. The van der Waals surface area contributed by atoms with Crippen molar-refractivity contribution in [2.24, 2.45) is 4.99 Å². The first-order valence-corrected chi connectivity index (χ1v) is 10.9. The average Bonchev–Trinajstić information content (AvgIpc) is 3.23. The summed E-state index contributed by atoms with van der Waals surface area (Å²) >= 11 is 2.97. The number of thiophene rings is 1. The molecule has 1 amide bonds. The van der Waals surface area contributed by atoms with E-state index in [1.54, 1.807) is 16.2 Å². The first kappa shape index (κ1) is 18.3. The largest absolute Gasteiger partial charge is 0.462 e. The lowest BCUT2D eigenvalue weighted by atomic mass is 9.95. The molecule has 0 N–H and O–H groups in total. The van der Waals surface area contributed by atoms with Gasteiger partial charge in [0, 0.05) is 4.88 Å². The zero-order chi connectivity index (χ0) is 18.8. The van der Waals surface area contributed by atoms with Crippen LogP contribution in [0, 0.1) is 0 Å². The number of rotatable bonds is 4.